The number of hydrogen-bond donors (Lipinski definition) is 1. The minimum absolute atomic E-state index is 0.0725. The van der Waals surface area contributed by atoms with Crippen LogP contribution < -0.4 is 15.0 Å². The van der Waals surface area contributed by atoms with E-state index in [1.165, 1.54) is 5.69 Å². The van der Waals surface area contributed by atoms with Crippen molar-refractivity contribution in [1.82, 2.24) is 9.97 Å². The van der Waals surface area contributed by atoms with E-state index in [-0.39, 0.29) is 6.10 Å². The molecule has 0 saturated carbocycles. The van der Waals surface area contributed by atoms with Gasteiger partial charge in [0.25, 0.3) is 0 Å². The third-order valence-corrected chi connectivity index (χ3v) is 6.32. The monoisotopic (exact) mass is 471 g/mol. The standard InChI is InChI=1S/C27H29N5O3/c1-19-16-22(32-10-14-34-15-11-32)3-4-24(19)30-26-6-9-29-27(31-26)20-2-5-25(21(17-20)18-28)35-23-7-12-33-13-8-23/h2-6,9,16-17,23H,7-8,10-15H2,1H3,(H,29,30,31). The van der Waals surface area contributed by atoms with Crippen LogP contribution in [0.3, 0.4) is 0 Å². The molecular formula is C27H29N5O3. The fourth-order valence-corrected chi connectivity index (χ4v) is 4.34. The lowest BCUT2D eigenvalue weighted by molar-refractivity contribution is 0.0254. The van der Waals surface area contributed by atoms with Crippen LogP contribution in [0.4, 0.5) is 17.2 Å². The van der Waals surface area contributed by atoms with Gasteiger partial charge in [-0.3, -0.25) is 0 Å². The largest absolute Gasteiger partial charge is 0.489 e. The molecule has 0 bridgehead atoms. The van der Waals surface area contributed by atoms with Crippen molar-refractivity contribution in [2.75, 3.05) is 49.7 Å². The summed E-state index contributed by atoms with van der Waals surface area (Å²) in [6, 6.07) is 16.0. The molecule has 0 unspecified atom stereocenters. The summed E-state index contributed by atoms with van der Waals surface area (Å²) in [6.45, 7) is 6.81. The molecule has 0 spiro atoms. The van der Waals surface area contributed by atoms with Crippen LogP contribution in [0.1, 0.15) is 24.0 Å². The number of aromatic nitrogens is 2. The average Bonchev–Trinajstić information content (AvgIpc) is 2.91. The van der Waals surface area contributed by atoms with Gasteiger partial charge >= 0.3 is 0 Å². The summed E-state index contributed by atoms with van der Waals surface area (Å²) in [5.41, 5.74) is 4.57. The summed E-state index contributed by atoms with van der Waals surface area (Å²) in [6.07, 6.45) is 3.45. The van der Waals surface area contributed by atoms with Crippen molar-refractivity contribution in [3.63, 3.8) is 0 Å². The molecule has 0 atom stereocenters. The van der Waals surface area contributed by atoms with Crippen molar-refractivity contribution in [2.45, 2.75) is 25.9 Å². The lowest BCUT2D eigenvalue weighted by atomic mass is 10.1. The summed E-state index contributed by atoms with van der Waals surface area (Å²) in [5, 5.41) is 13.1. The Labute approximate surface area is 205 Å². The zero-order valence-electron chi connectivity index (χ0n) is 19.9. The zero-order valence-corrected chi connectivity index (χ0v) is 19.9. The molecule has 35 heavy (non-hydrogen) atoms. The van der Waals surface area contributed by atoms with Gasteiger partial charge < -0.3 is 24.4 Å². The first kappa shape index (κ1) is 23.1. The predicted octanol–water partition coefficient (Wildman–Crippen LogP) is 4.46. The molecule has 8 heteroatoms. The lowest BCUT2D eigenvalue weighted by Gasteiger charge is -2.29. The van der Waals surface area contributed by atoms with Crippen LogP contribution in [0, 0.1) is 18.3 Å². The highest BCUT2D eigenvalue weighted by molar-refractivity contribution is 5.67. The Hall–Kier alpha value is -3.67. The molecule has 3 aromatic rings. The molecule has 2 aromatic carbocycles. The van der Waals surface area contributed by atoms with Gasteiger partial charge in [-0.2, -0.15) is 5.26 Å². The minimum Gasteiger partial charge on any atom is -0.489 e. The molecule has 1 N–H and O–H groups in total. The van der Waals surface area contributed by atoms with Crippen LogP contribution >= 0.6 is 0 Å². The SMILES string of the molecule is Cc1cc(N2CCOCC2)ccc1Nc1ccnc(-c2ccc(OC3CCOCC3)c(C#N)c2)n1. The molecule has 8 nitrogen and oxygen atoms in total. The molecule has 0 radical (unpaired) electrons. The summed E-state index contributed by atoms with van der Waals surface area (Å²) >= 11 is 0. The fourth-order valence-electron chi connectivity index (χ4n) is 4.34. The number of hydrogen-bond acceptors (Lipinski definition) is 8. The molecule has 0 aliphatic carbocycles. The van der Waals surface area contributed by atoms with E-state index in [2.05, 4.69) is 46.4 Å². The molecule has 5 rings (SSSR count). The van der Waals surface area contributed by atoms with Crippen molar-refractivity contribution in [1.29, 1.82) is 5.26 Å². The molecule has 2 fully saturated rings. The van der Waals surface area contributed by atoms with E-state index in [1.807, 2.05) is 18.2 Å². The van der Waals surface area contributed by atoms with E-state index in [0.717, 1.165) is 56.0 Å². The molecule has 180 valence electrons. The Balaban J connectivity index is 1.32. The molecule has 1 aromatic heterocycles. The summed E-state index contributed by atoms with van der Waals surface area (Å²) in [5.74, 6) is 1.83. The van der Waals surface area contributed by atoms with Gasteiger partial charge in [0.1, 0.15) is 23.7 Å². The van der Waals surface area contributed by atoms with E-state index >= 15 is 0 Å². The van der Waals surface area contributed by atoms with Gasteiger partial charge in [0.2, 0.25) is 0 Å². The second-order valence-corrected chi connectivity index (χ2v) is 8.74. The predicted molar refractivity (Wildman–Crippen MR) is 134 cm³/mol. The van der Waals surface area contributed by atoms with Crippen molar-refractivity contribution < 1.29 is 14.2 Å². The number of benzene rings is 2. The number of ether oxygens (including phenoxy) is 3. The Bertz CT molecular complexity index is 1210. The molecule has 2 aliphatic heterocycles. The van der Waals surface area contributed by atoms with E-state index in [1.54, 1.807) is 12.3 Å². The van der Waals surface area contributed by atoms with Crippen molar-refractivity contribution in [3.05, 3.63) is 59.8 Å². The maximum absolute atomic E-state index is 9.70. The van der Waals surface area contributed by atoms with Crippen LogP contribution in [0.25, 0.3) is 11.4 Å². The fraction of sp³-hybridized carbons (Fsp3) is 0.370. The number of anilines is 3. The minimum atomic E-state index is 0.0725. The van der Waals surface area contributed by atoms with Gasteiger partial charge in [-0.1, -0.05) is 0 Å². The molecule has 2 aliphatic rings. The lowest BCUT2D eigenvalue weighted by Crippen LogP contribution is -2.36. The molecular weight excluding hydrogens is 442 g/mol. The van der Waals surface area contributed by atoms with Crippen LogP contribution in [0.15, 0.2) is 48.7 Å². The number of nitrogens with zero attached hydrogens (tertiary/aromatic N) is 4. The number of rotatable bonds is 6. The highest BCUT2D eigenvalue weighted by Crippen LogP contribution is 2.29. The Morgan fingerprint density at radius 1 is 1.03 bits per heavy atom. The van der Waals surface area contributed by atoms with Gasteiger partial charge in [0.15, 0.2) is 5.82 Å². The molecule has 0 amide bonds. The number of nitrogens with one attached hydrogen (secondary N) is 1. The third kappa shape index (κ3) is 5.53. The second-order valence-electron chi connectivity index (χ2n) is 8.74. The van der Waals surface area contributed by atoms with Crippen molar-refractivity contribution in [3.8, 4) is 23.2 Å². The summed E-state index contributed by atoms with van der Waals surface area (Å²) < 4.78 is 16.9. The van der Waals surface area contributed by atoms with Gasteiger partial charge in [-0.05, 0) is 55.0 Å². The number of aryl methyl sites for hydroxylation is 1. The summed E-state index contributed by atoms with van der Waals surface area (Å²) in [4.78, 5) is 11.5. The summed E-state index contributed by atoms with van der Waals surface area (Å²) in [7, 11) is 0. The van der Waals surface area contributed by atoms with Crippen molar-refractivity contribution >= 4 is 17.2 Å². The van der Waals surface area contributed by atoms with Crippen LogP contribution in [0.5, 0.6) is 5.75 Å². The Morgan fingerprint density at radius 3 is 2.60 bits per heavy atom. The highest BCUT2D eigenvalue weighted by Gasteiger charge is 2.18. The third-order valence-electron chi connectivity index (χ3n) is 6.32. The Morgan fingerprint density at radius 2 is 1.83 bits per heavy atom. The molecule has 2 saturated heterocycles. The van der Waals surface area contributed by atoms with Crippen molar-refractivity contribution in [2.24, 2.45) is 0 Å². The topological polar surface area (TPSA) is 92.5 Å². The van der Waals surface area contributed by atoms with E-state index in [4.69, 9.17) is 19.2 Å². The number of nitriles is 1. The second kappa shape index (κ2) is 10.7. The van der Waals surface area contributed by atoms with Crippen LogP contribution in [-0.2, 0) is 9.47 Å². The average molecular weight is 472 g/mol. The first-order chi connectivity index (χ1) is 17.2. The zero-order chi connectivity index (χ0) is 24.0. The van der Waals surface area contributed by atoms with Crippen LogP contribution in [-0.4, -0.2) is 55.6 Å². The van der Waals surface area contributed by atoms with E-state index in [9.17, 15) is 5.26 Å². The first-order valence-electron chi connectivity index (χ1n) is 12.0. The van der Waals surface area contributed by atoms with E-state index < -0.39 is 0 Å². The van der Waals surface area contributed by atoms with Gasteiger partial charge in [0.05, 0.1) is 32.0 Å². The maximum Gasteiger partial charge on any atom is 0.161 e. The van der Waals surface area contributed by atoms with E-state index in [0.29, 0.717) is 36.2 Å². The van der Waals surface area contributed by atoms with Gasteiger partial charge in [0, 0.05) is 49.1 Å². The maximum atomic E-state index is 9.70. The van der Waals surface area contributed by atoms with Gasteiger partial charge in [-0.25, -0.2) is 9.97 Å². The van der Waals surface area contributed by atoms with Crippen LogP contribution in [0.2, 0.25) is 0 Å². The normalized spacial score (nSPS) is 16.5. The first-order valence-corrected chi connectivity index (χ1v) is 12.0. The Kier molecular flexibility index (Phi) is 7.07. The smallest absolute Gasteiger partial charge is 0.161 e. The number of morpholine rings is 1. The molecule has 3 heterocycles. The highest BCUT2D eigenvalue weighted by atomic mass is 16.5. The quantitative estimate of drug-likeness (QED) is 0.563. The van der Waals surface area contributed by atoms with Gasteiger partial charge in [-0.15, -0.1) is 0 Å².